The van der Waals surface area contributed by atoms with Crippen molar-refractivity contribution in [2.24, 2.45) is 0 Å². The molecule has 8 N–H and O–H groups in total. The molecule has 1 saturated heterocycles. The van der Waals surface area contributed by atoms with E-state index in [4.69, 9.17) is 52.5 Å². The largest absolute Gasteiger partial charge is 0.394 e. The van der Waals surface area contributed by atoms with Crippen LogP contribution in [0.25, 0.3) is 0 Å². The molecule has 1 aliphatic rings. The number of hydrogen-bond donors (Lipinski definition) is 8. The Balaban J connectivity index is 2.64. The van der Waals surface area contributed by atoms with Gasteiger partial charge in [0.05, 0.1) is 131 Å². The van der Waals surface area contributed by atoms with Gasteiger partial charge in [0.1, 0.15) is 48.8 Å². The van der Waals surface area contributed by atoms with Gasteiger partial charge in [-0.05, 0) is 34.1 Å². The fraction of sp³-hybridized carbons (Fsp3) is 1.00. The Bertz CT molecular complexity index is 1030. The van der Waals surface area contributed by atoms with Crippen LogP contribution in [0.4, 0.5) is 0 Å². The maximum atomic E-state index is 10.5. The predicted octanol–water partition coefficient (Wildman–Crippen LogP) is -0.795. The first-order valence-corrected chi connectivity index (χ1v) is 23.9. The van der Waals surface area contributed by atoms with E-state index < -0.39 is 74.3 Å². The van der Waals surface area contributed by atoms with E-state index in [2.05, 4.69) is 11.8 Å². The Kier molecular flexibility index (Phi) is 40.3. The van der Waals surface area contributed by atoms with E-state index in [0.717, 1.165) is 13.0 Å². The number of hydrogen-bond acceptors (Lipinski definition) is 20. The van der Waals surface area contributed by atoms with Crippen LogP contribution in [-0.2, 0) is 47.4 Å². The molecule has 10 atom stereocenters. The summed E-state index contributed by atoms with van der Waals surface area (Å²) in [5.74, 6) is 0. The molecule has 65 heavy (non-hydrogen) atoms. The lowest BCUT2D eigenvalue weighted by Crippen LogP contribution is -2.42. The average Bonchev–Trinajstić information content (AvgIpc) is 3.27. The summed E-state index contributed by atoms with van der Waals surface area (Å²) in [5, 5.41) is 79.7. The van der Waals surface area contributed by atoms with Gasteiger partial charge < -0.3 is 98.0 Å². The van der Waals surface area contributed by atoms with E-state index in [1.54, 1.807) is 0 Å². The maximum absolute atomic E-state index is 10.5. The van der Waals surface area contributed by atoms with Crippen molar-refractivity contribution >= 4 is 0 Å². The SMILES string of the molecule is CCCCCCCCCCCCN(C)CC(O)COCC(O)COC(CO)COCC(COCC(O)COCC(O)CO)OC(COCC(O)CN(C)C)COCC1COCC(CO)O1. The average molecular weight is 949 g/mol. The topological polar surface area (TPSA) is 261 Å². The van der Waals surface area contributed by atoms with Crippen molar-refractivity contribution in [1.82, 2.24) is 9.80 Å². The fourth-order valence-corrected chi connectivity index (χ4v) is 6.80. The number of aliphatic hydroxyl groups excluding tert-OH is 8. The first-order valence-electron chi connectivity index (χ1n) is 23.9. The Morgan fingerprint density at radius 3 is 1.51 bits per heavy atom. The second kappa shape index (κ2) is 42.1. The molecular weight excluding hydrogens is 856 g/mol. The predicted molar refractivity (Wildman–Crippen MR) is 242 cm³/mol. The summed E-state index contributed by atoms with van der Waals surface area (Å²) in [6, 6.07) is 0. The zero-order chi connectivity index (χ0) is 47.9. The minimum absolute atomic E-state index is 0.0292. The summed E-state index contributed by atoms with van der Waals surface area (Å²) in [7, 11) is 5.66. The van der Waals surface area contributed by atoms with E-state index >= 15 is 0 Å². The zero-order valence-corrected chi connectivity index (χ0v) is 40.2. The Labute approximate surface area is 389 Å². The van der Waals surface area contributed by atoms with Crippen LogP contribution in [-0.4, -0.2) is 271 Å². The summed E-state index contributed by atoms with van der Waals surface area (Å²) >= 11 is 0. The molecule has 20 heteroatoms. The molecule has 20 nitrogen and oxygen atoms in total. The van der Waals surface area contributed by atoms with Crippen LogP contribution in [0.5, 0.6) is 0 Å². The Morgan fingerprint density at radius 2 is 0.954 bits per heavy atom. The van der Waals surface area contributed by atoms with Gasteiger partial charge >= 0.3 is 0 Å². The van der Waals surface area contributed by atoms with Gasteiger partial charge in [0.2, 0.25) is 0 Å². The molecule has 0 aromatic heterocycles. The molecule has 0 aromatic rings. The van der Waals surface area contributed by atoms with Gasteiger partial charge in [-0.25, -0.2) is 0 Å². The van der Waals surface area contributed by atoms with E-state index in [-0.39, 0.29) is 99.1 Å². The molecule has 0 saturated carbocycles. The molecule has 0 aromatic carbocycles. The normalized spacial score (nSPS) is 19.7. The Morgan fingerprint density at radius 1 is 0.492 bits per heavy atom. The smallest absolute Gasteiger partial charge is 0.105 e. The highest BCUT2D eigenvalue weighted by molar-refractivity contribution is 4.70. The summed E-state index contributed by atoms with van der Waals surface area (Å²) in [6.07, 6.45) is 5.05. The van der Waals surface area contributed by atoms with Crippen molar-refractivity contribution in [1.29, 1.82) is 0 Å². The fourth-order valence-electron chi connectivity index (χ4n) is 6.80. The third-order valence-electron chi connectivity index (χ3n) is 10.2. The molecule has 0 radical (unpaired) electrons. The summed E-state index contributed by atoms with van der Waals surface area (Å²) in [5.41, 5.74) is 0. The van der Waals surface area contributed by atoms with Gasteiger partial charge in [-0.2, -0.15) is 0 Å². The lowest BCUT2D eigenvalue weighted by molar-refractivity contribution is -0.179. The highest BCUT2D eigenvalue weighted by Gasteiger charge is 2.25. The lowest BCUT2D eigenvalue weighted by atomic mass is 10.1. The standard InChI is InChI=1S/C45H92N2O18/c1-5-6-7-8-9-10-11-12-13-14-15-47(4)17-37(52)22-56-26-40(55)27-63-41(19-49)28-60-34-45(31-59-25-39(54)24-57-23-38(53)18-48)65-44(30-58-21-36(51)16-46(2)3)35-62-33-43-32-61-29-42(20-50)64-43/h36-45,48-55H,5-35H2,1-4H3. The quantitative estimate of drug-likeness (QED) is 0.0348. The van der Waals surface area contributed by atoms with Crippen LogP contribution in [0.1, 0.15) is 71.1 Å². The van der Waals surface area contributed by atoms with Gasteiger partial charge in [0.15, 0.2) is 0 Å². The second-order valence-corrected chi connectivity index (χ2v) is 17.5. The van der Waals surface area contributed by atoms with Crippen LogP contribution in [0.15, 0.2) is 0 Å². The van der Waals surface area contributed by atoms with Crippen LogP contribution in [0.2, 0.25) is 0 Å². The molecule has 0 amide bonds. The van der Waals surface area contributed by atoms with Crippen LogP contribution in [0, 0.1) is 0 Å². The summed E-state index contributed by atoms with van der Waals surface area (Å²) in [6.45, 7) is 2.99. The first-order chi connectivity index (χ1) is 31.4. The second-order valence-electron chi connectivity index (χ2n) is 17.5. The zero-order valence-electron chi connectivity index (χ0n) is 40.2. The van der Waals surface area contributed by atoms with Gasteiger partial charge in [-0.3, -0.25) is 0 Å². The number of ether oxygens (including phenoxy) is 10. The van der Waals surface area contributed by atoms with Gasteiger partial charge in [-0.15, -0.1) is 0 Å². The molecule has 0 bridgehead atoms. The molecule has 1 fully saturated rings. The number of rotatable bonds is 47. The van der Waals surface area contributed by atoms with Crippen molar-refractivity contribution in [3.8, 4) is 0 Å². The van der Waals surface area contributed by atoms with Gasteiger partial charge in [0, 0.05) is 13.1 Å². The van der Waals surface area contributed by atoms with Crippen molar-refractivity contribution < 1.29 is 88.2 Å². The van der Waals surface area contributed by atoms with Gasteiger partial charge in [-0.1, -0.05) is 64.7 Å². The molecule has 1 rings (SSSR count). The van der Waals surface area contributed by atoms with Crippen molar-refractivity contribution in [3.63, 3.8) is 0 Å². The van der Waals surface area contributed by atoms with E-state index in [1.807, 2.05) is 26.0 Å². The maximum Gasteiger partial charge on any atom is 0.105 e. The number of unbranched alkanes of at least 4 members (excludes halogenated alkanes) is 9. The van der Waals surface area contributed by atoms with Gasteiger partial charge in [0.25, 0.3) is 0 Å². The van der Waals surface area contributed by atoms with Crippen molar-refractivity contribution in [2.45, 2.75) is 132 Å². The minimum Gasteiger partial charge on any atom is -0.394 e. The molecule has 1 heterocycles. The number of likely N-dealkylation sites (N-methyl/N-ethyl adjacent to an activating group) is 2. The van der Waals surface area contributed by atoms with E-state index in [0.29, 0.717) is 19.7 Å². The van der Waals surface area contributed by atoms with Crippen molar-refractivity contribution in [2.75, 3.05) is 160 Å². The van der Waals surface area contributed by atoms with Crippen molar-refractivity contribution in [3.05, 3.63) is 0 Å². The third-order valence-corrected chi connectivity index (χ3v) is 10.2. The molecule has 1 aliphatic heterocycles. The molecule has 0 spiro atoms. The highest BCUT2D eigenvalue weighted by atomic mass is 16.6. The molecule has 390 valence electrons. The molecule has 10 unspecified atom stereocenters. The van der Waals surface area contributed by atoms with E-state index in [1.165, 1.54) is 57.8 Å². The monoisotopic (exact) mass is 949 g/mol. The molecular formula is C45H92N2O18. The minimum atomic E-state index is -1.07. The summed E-state index contributed by atoms with van der Waals surface area (Å²) in [4.78, 5) is 3.93. The lowest BCUT2D eigenvalue weighted by Gasteiger charge is -2.30. The number of aliphatic hydroxyl groups is 8. The summed E-state index contributed by atoms with van der Waals surface area (Å²) < 4.78 is 57.5. The number of nitrogens with zero attached hydrogens (tertiary/aromatic N) is 2. The highest BCUT2D eigenvalue weighted by Crippen LogP contribution is 2.13. The van der Waals surface area contributed by atoms with Crippen LogP contribution in [0.3, 0.4) is 0 Å². The Hall–Kier alpha value is -0.800. The first kappa shape index (κ1) is 62.2. The van der Waals surface area contributed by atoms with Crippen LogP contribution < -0.4 is 0 Å². The van der Waals surface area contributed by atoms with Crippen LogP contribution >= 0.6 is 0 Å². The van der Waals surface area contributed by atoms with E-state index in [9.17, 15) is 35.7 Å². The third kappa shape index (κ3) is 36.8. The molecule has 0 aliphatic carbocycles.